The molecule has 4 heteroatoms. The lowest BCUT2D eigenvalue weighted by Gasteiger charge is -2.02. The zero-order valence-corrected chi connectivity index (χ0v) is 8.98. The van der Waals surface area contributed by atoms with Crippen LogP contribution in [0.4, 0.5) is 5.82 Å². The maximum atomic E-state index is 5.78. The topological polar surface area (TPSA) is 24.9 Å². The normalized spacial score (nSPS) is 10.1. The summed E-state index contributed by atoms with van der Waals surface area (Å²) < 4.78 is 0. The molecule has 72 valence electrons. The summed E-state index contributed by atoms with van der Waals surface area (Å²) in [5.41, 5.74) is 3.01. The highest BCUT2D eigenvalue weighted by atomic mass is 35.5. The summed E-state index contributed by atoms with van der Waals surface area (Å²) in [6.45, 7) is 0.779. The minimum atomic E-state index is 0.766. The molecular weight excluding hydrogens is 216 g/mol. The molecule has 0 unspecified atom stereocenters. The fraction of sp³-hybridized carbons (Fsp3) is 0.100. The first-order chi connectivity index (χ1) is 6.84. The van der Waals surface area contributed by atoms with Gasteiger partial charge in [0, 0.05) is 16.9 Å². The third-order valence-corrected chi connectivity index (χ3v) is 2.66. The van der Waals surface area contributed by atoms with Crippen molar-refractivity contribution in [1.82, 2.24) is 4.98 Å². The predicted molar refractivity (Wildman–Crippen MR) is 60.9 cm³/mol. The number of benzene rings is 1. The average Bonchev–Trinajstić information content (AvgIpc) is 2.70. The van der Waals surface area contributed by atoms with Crippen LogP contribution in [0, 0.1) is 0 Å². The third kappa shape index (κ3) is 2.47. The molecule has 0 fully saturated rings. The van der Waals surface area contributed by atoms with E-state index in [2.05, 4.69) is 10.3 Å². The Labute approximate surface area is 91.6 Å². The first kappa shape index (κ1) is 9.49. The predicted octanol–water partition coefficient (Wildman–Crippen LogP) is 3.41. The molecule has 2 rings (SSSR count). The van der Waals surface area contributed by atoms with Gasteiger partial charge in [-0.25, -0.2) is 4.98 Å². The van der Waals surface area contributed by atoms with E-state index < -0.39 is 0 Å². The number of anilines is 1. The molecule has 2 nitrogen and oxygen atoms in total. The summed E-state index contributed by atoms with van der Waals surface area (Å²) in [4.78, 5) is 4.13. The molecule has 0 amide bonds. The van der Waals surface area contributed by atoms with Crippen LogP contribution < -0.4 is 5.32 Å². The molecule has 2 aromatic rings. The van der Waals surface area contributed by atoms with Crippen molar-refractivity contribution in [3.8, 4) is 0 Å². The largest absolute Gasteiger partial charge is 0.365 e. The summed E-state index contributed by atoms with van der Waals surface area (Å²) in [6.07, 6.45) is 0. The van der Waals surface area contributed by atoms with Crippen LogP contribution in [-0.4, -0.2) is 4.98 Å². The van der Waals surface area contributed by atoms with E-state index in [9.17, 15) is 0 Å². The molecule has 0 spiro atoms. The Morgan fingerprint density at radius 3 is 2.71 bits per heavy atom. The number of halogens is 1. The second-order valence-corrected chi connectivity index (χ2v) is 4.01. The first-order valence-corrected chi connectivity index (χ1v) is 5.53. The van der Waals surface area contributed by atoms with Crippen molar-refractivity contribution < 1.29 is 0 Å². The quantitative estimate of drug-likeness (QED) is 0.865. The Hall–Kier alpha value is -1.06. The molecular formula is C10H9ClN2S. The van der Waals surface area contributed by atoms with Crippen molar-refractivity contribution in [2.75, 3.05) is 5.32 Å². The molecule has 1 heterocycles. The zero-order chi connectivity index (χ0) is 9.80. The lowest BCUT2D eigenvalue weighted by molar-refractivity contribution is 1.12. The number of hydrogen-bond donors (Lipinski definition) is 1. The van der Waals surface area contributed by atoms with E-state index in [-0.39, 0.29) is 0 Å². The van der Waals surface area contributed by atoms with Crippen LogP contribution in [-0.2, 0) is 6.54 Å². The number of nitrogens with one attached hydrogen (secondary N) is 1. The van der Waals surface area contributed by atoms with Crippen LogP contribution in [0.3, 0.4) is 0 Å². The lowest BCUT2D eigenvalue weighted by Crippen LogP contribution is -1.98. The molecule has 0 bridgehead atoms. The molecule has 1 N–H and O–H groups in total. The van der Waals surface area contributed by atoms with Crippen LogP contribution in [0.5, 0.6) is 0 Å². The van der Waals surface area contributed by atoms with Gasteiger partial charge >= 0.3 is 0 Å². The van der Waals surface area contributed by atoms with Gasteiger partial charge in [-0.1, -0.05) is 23.7 Å². The Morgan fingerprint density at radius 1 is 1.29 bits per heavy atom. The first-order valence-electron chi connectivity index (χ1n) is 4.21. The van der Waals surface area contributed by atoms with Gasteiger partial charge in [0.1, 0.15) is 5.82 Å². The molecule has 0 saturated carbocycles. The maximum absolute atomic E-state index is 5.78. The van der Waals surface area contributed by atoms with E-state index >= 15 is 0 Å². The molecule has 0 atom stereocenters. The molecule has 14 heavy (non-hydrogen) atoms. The van der Waals surface area contributed by atoms with Gasteiger partial charge < -0.3 is 5.32 Å². The van der Waals surface area contributed by atoms with Gasteiger partial charge in [-0.2, -0.15) is 0 Å². The van der Waals surface area contributed by atoms with Crippen LogP contribution in [0.2, 0.25) is 5.02 Å². The van der Waals surface area contributed by atoms with E-state index in [1.54, 1.807) is 11.3 Å². The highest BCUT2D eigenvalue weighted by Gasteiger charge is 1.95. The molecule has 0 saturated heterocycles. The second-order valence-electron chi connectivity index (χ2n) is 2.85. The monoisotopic (exact) mass is 224 g/mol. The van der Waals surface area contributed by atoms with Crippen LogP contribution >= 0.6 is 22.9 Å². The van der Waals surface area contributed by atoms with Crippen molar-refractivity contribution >= 4 is 28.8 Å². The number of hydrogen-bond acceptors (Lipinski definition) is 3. The van der Waals surface area contributed by atoms with E-state index in [0.717, 1.165) is 17.4 Å². The fourth-order valence-electron chi connectivity index (χ4n) is 1.09. The smallest absolute Gasteiger partial charge is 0.137 e. The minimum absolute atomic E-state index is 0.766. The van der Waals surface area contributed by atoms with Crippen molar-refractivity contribution in [2.24, 2.45) is 0 Å². The van der Waals surface area contributed by atoms with E-state index in [1.165, 1.54) is 5.56 Å². The second kappa shape index (κ2) is 4.44. The Balaban J connectivity index is 1.95. The molecule has 1 aromatic heterocycles. The maximum Gasteiger partial charge on any atom is 0.137 e. The number of nitrogens with zero attached hydrogens (tertiary/aromatic N) is 1. The fourth-order valence-corrected chi connectivity index (χ4v) is 1.73. The Morgan fingerprint density at radius 2 is 2.07 bits per heavy atom. The molecule has 0 aliphatic heterocycles. The standard InChI is InChI=1S/C10H9ClN2S/c11-9-3-1-8(2-4-9)5-12-10-6-14-7-13-10/h1-4,6-7,12H,5H2. The molecule has 0 radical (unpaired) electrons. The van der Waals surface area contributed by atoms with Crippen molar-refractivity contribution in [1.29, 1.82) is 0 Å². The van der Waals surface area contributed by atoms with Crippen LogP contribution in [0.25, 0.3) is 0 Å². The van der Waals surface area contributed by atoms with Gasteiger partial charge in [-0.3, -0.25) is 0 Å². The lowest BCUT2D eigenvalue weighted by atomic mass is 10.2. The highest BCUT2D eigenvalue weighted by molar-refractivity contribution is 7.07. The van der Waals surface area contributed by atoms with Crippen LogP contribution in [0.15, 0.2) is 35.2 Å². The van der Waals surface area contributed by atoms with Crippen molar-refractivity contribution in [2.45, 2.75) is 6.54 Å². The van der Waals surface area contributed by atoms with Crippen LogP contribution in [0.1, 0.15) is 5.56 Å². The van der Waals surface area contributed by atoms with Crippen molar-refractivity contribution in [3.63, 3.8) is 0 Å². The van der Waals surface area contributed by atoms with Gasteiger partial charge in [-0.15, -0.1) is 11.3 Å². The van der Waals surface area contributed by atoms with E-state index in [1.807, 2.05) is 35.2 Å². The average molecular weight is 225 g/mol. The third-order valence-electron chi connectivity index (χ3n) is 1.82. The number of thiazole rings is 1. The summed E-state index contributed by atoms with van der Waals surface area (Å²) >= 11 is 7.36. The van der Waals surface area contributed by atoms with Gasteiger partial charge in [-0.05, 0) is 17.7 Å². The summed E-state index contributed by atoms with van der Waals surface area (Å²) in [5, 5.41) is 5.96. The van der Waals surface area contributed by atoms with Crippen molar-refractivity contribution in [3.05, 3.63) is 45.7 Å². The number of rotatable bonds is 3. The van der Waals surface area contributed by atoms with Gasteiger partial charge in [0.25, 0.3) is 0 Å². The number of aromatic nitrogens is 1. The Bertz CT molecular complexity index is 383. The van der Waals surface area contributed by atoms with Gasteiger partial charge in [0.05, 0.1) is 5.51 Å². The van der Waals surface area contributed by atoms with E-state index in [0.29, 0.717) is 0 Å². The van der Waals surface area contributed by atoms with Gasteiger partial charge in [0.2, 0.25) is 0 Å². The van der Waals surface area contributed by atoms with Gasteiger partial charge in [0.15, 0.2) is 0 Å². The zero-order valence-electron chi connectivity index (χ0n) is 7.40. The SMILES string of the molecule is Clc1ccc(CNc2cscn2)cc1. The highest BCUT2D eigenvalue weighted by Crippen LogP contribution is 2.12. The summed E-state index contributed by atoms with van der Waals surface area (Å²) in [5.74, 6) is 0.921. The summed E-state index contributed by atoms with van der Waals surface area (Å²) in [6, 6.07) is 7.78. The molecule has 0 aliphatic rings. The molecule has 0 aliphatic carbocycles. The Kier molecular flexibility index (Phi) is 3.01. The minimum Gasteiger partial charge on any atom is -0.365 e. The van der Waals surface area contributed by atoms with E-state index in [4.69, 9.17) is 11.6 Å². The summed E-state index contributed by atoms with van der Waals surface area (Å²) in [7, 11) is 0. The molecule has 1 aromatic carbocycles.